The van der Waals surface area contributed by atoms with Gasteiger partial charge in [0.2, 0.25) is 0 Å². The minimum absolute atomic E-state index is 0.0642. The van der Waals surface area contributed by atoms with Gasteiger partial charge in [0.25, 0.3) is 5.91 Å². The summed E-state index contributed by atoms with van der Waals surface area (Å²) in [6.07, 6.45) is 1.65. The summed E-state index contributed by atoms with van der Waals surface area (Å²) in [7, 11) is 0. The number of carbonyl (C=O) groups excluding carboxylic acids is 2. The monoisotopic (exact) mass is 503 g/mol. The van der Waals surface area contributed by atoms with Crippen LogP contribution in [-0.4, -0.2) is 25.0 Å². The molecule has 1 fully saturated rings. The van der Waals surface area contributed by atoms with Gasteiger partial charge in [-0.25, -0.2) is 4.39 Å². The average Bonchev–Trinajstić information content (AvgIpc) is 3.60. The van der Waals surface area contributed by atoms with Crippen molar-refractivity contribution < 1.29 is 28.2 Å². The smallest absolute Gasteiger partial charge is 0.309 e. The number of halogens is 1. The van der Waals surface area contributed by atoms with E-state index in [1.807, 2.05) is 38.1 Å². The van der Waals surface area contributed by atoms with Gasteiger partial charge < -0.3 is 19.5 Å². The summed E-state index contributed by atoms with van der Waals surface area (Å²) >= 11 is 0. The zero-order valence-electron chi connectivity index (χ0n) is 21.0. The van der Waals surface area contributed by atoms with Crippen LogP contribution in [-0.2, 0) is 16.0 Å². The van der Waals surface area contributed by atoms with Crippen LogP contribution in [0.2, 0.25) is 0 Å². The van der Waals surface area contributed by atoms with E-state index >= 15 is 0 Å². The van der Waals surface area contributed by atoms with Crippen LogP contribution < -0.4 is 14.8 Å². The number of carbonyl (C=O) groups is 2. The molecule has 0 heterocycles. The molecular weight excluding hydrogens is 473 g/mol. The normalized spacial score (nSPS) is 19.6. The molecule has 3 aromatic carbocycles. The zero-order chi connectivity index (χ0) is 25.9. The van der Waals surface area contributed by atoms with E-state index in [-0.39, 0.29) is 29.5 Å². The van der Waals surface area contributed by atoms with Gasteiger partial charge in [-0.3, -0.25) is 9.59 Å². The van der Waals surface area contributed by atoms with Gasteiger partial charge in [-0.05, 0) is 93.1 Å². The molecule has 0 aromatic heterocycles. The molecule has 6 nitrogen and oxygen atoms in total. The summed E-state index contributed by atoms with van der Waals surface area (Å²) in [5, 5.41) is 2.76. The van der Waals surface area contributed by atoms with Crippen LogP contribution in [0.5, 0.6) is 17.2 Å². The number of ether oxygens (including phenoxy) is 3. The van der Waals surface area contributed by atoms with Crippen LogP contribution in [0.1, 0.15) is 65.8 Å². The molecule has 0 saturated heterocycles. The molecule has 0 spiro atoms. The Bertz CT molecular complexity index is 1290. The Morgan fingerprint density at radius 2 is 1.70 bits per heavy atom. The number of nitrogens with one attached hydrogen (secondary N) is 1. The van der Waals surface area contributed by atoms with Gasteiger partial charge >= 0.3 is 5.97 Å². The fraction of sp³-hybridized carbons (Fsp3) is 0.333. The van der Waals surface area contributed by atoms with Gasteiger partial charge in [0, 0.05) is 23.2 Å². The molecule has 0 bridgehead atoms. The molecule has 2 aliphatic carbocycles. The van der Waals surface area contributed by atoms with Crippen LogP contribution in [0.3, 0.4) is 0 Å². The quantitative estimate of drug-likeness (QED) is 0.357. The maximum absolute atomic E-state index is 14.9. The molecule has 2 aliphatic rings. The highest BCUT2D eigenvalue weighted by Gasteiger charge is 2.45. The minimum Gasteiger partial charge on any atom is -0.486 e. The lowest BCUT2D eigenvalue weighted by Crippen LogP contribution is -2.22. The van der Waals surface area contributed by atoms with Crippen molar-refractivity contribution >= 4 is 11.9 Å². The molecule has 1 amide bonds. The molecule has 0 radical (unpaired) electrons. The van der Waals surface area contributed by atoms with Crippen molar-refractivity contribution in [3.8, 4) is 17.2 Å². The number of rotatable bonds is 9. The summed E-state index contributed by atoms with van der Waals surface area (Å²) in [4.78, 5) is 23.9. The summed E-state index contributed by atoms with van der Waals surface area (Å²) in [6, 6.07) is 17.6. The van der Waals surface area contributed by atoms with E-state index in [4.69, 9.17) is 14.2 Å². The molecule has 7 heteroatoms. The molecule has 1 saturated carbocycles. The van der Waals surface area contributed by atoms with E-state index in [1.165, 1.54) is 6.07 Å². The second-order valence-electron chi connectivity index (χ2n) is 9.34. The van der Waals surface area contributed by atoms with E-state index in [2.05, 4.69) is 5.32 Å². The number of amides is 1. The molecular formula is C30H30FNO5. The molecule has 37 heavy (non-hydrogen) atoms. The van der Waals surface area contributed by atoms with Crippen molar-refractivity contribution in [2.75, 3.05) is 13.2 Å². The van der Waals surface area contributed by atoms with Gasteiger partial charge in [-0.2, -0.15) is 0 Å². The van der Waals surface area contributed by atoms with Gasteiger partial charge in [0.15, 0.2) is 0 Å². The highest BCUT2D eigenvalue weighted by Crippen LogP contribution is 2.49. The lowest BCUT2D eigenvalue weighted by molar-refractivity contribution is -0.144. The molecule has 0 aliphatic heterocycles. The topological polar surface area (TPSA) is 73.9 Å². The first-order valence-electron chi connectivity index (χ1n) is 12.8. The molecule has 3 atom stereocenters. The number of benzene rings is 3. The Labute approximate surface area is 215 Å². The van der Waals surface area contributed by atoms with Crippen LogP contribution in [0.25, 0.3) is 0 Å². The molecule has 192 valence electrons. The van der Waals surface area contributed by atoms with Crippen molar-refractivity contribution in [3.63, 3.8) is 0 Å². The van der Waals surface area contributed by atoms with E-state index in [1.54, 1.807) is 30.3 Å². The van der Waals surface area contributed by atoms with E-state index in [0.29, 0.717) is 54.4 Å². The molecule has 5 rings (SSSR count). The second-order valence-corrected chi connectivity index (χ2v) is 9.34. The first kappa shape index (κ1) is 24.8. The minimum atomic E-state index is -0.419. The van der Waals surface area contributed by atoms with E-state index in [0.717, 1.165) is 17.5 Å². The van der Waals surface area contributed by atoms with Crippen molar-refractivity contribution in [2.45, 2.75) is 45.1 Å². The van der Waals surface area contributed by atoms with Crippen molar-refractivity contribution in [3.05, 3.63) is 88.7 Å². The Morgan fingerprint density at radius 3 is 2.41 bits per heavy atom. The SMILES string of the molecule is CCNC(=O)c1ccc(Oc2ccc(F)c3c2CCC3Oc2ccc(C3CC3C(=O)OCC)cc2)cc1. The second kappa shape index (κ2) is 10.6. The Balaban J connectivity index is 1.26. The fourth-order valence-corrected chi connectivity index (χ4v) is 4.95. The number of esters is 1. The van der Waals surface area contributed by atoms with Gasteiger partial charge in [-0.15, -0.1) is 0 Å². The summed E-state index contributed by atoms with van der Waals surface area (Å²) in [5.74, 6) is 1.34. The van der Waals surface area contributed by atoms with Gasteiger partial charge in [0.05, 0.1) is 12.5 Å². The Morgan fingerprint density at radius 1 is 0.973 bits per heavy atom. The highest BCUT2D eigenvalue weighted by atomic mass is 19.1. The van der Waals surface area contributed by atoms with Crippen LogP contribution >= 0.6 is 0 Å². The summed E-state index contributed by atoms with van der Waals surface area (Å²) in [5.41, 5.74) is 2.95. The third kappa shape index (κ3) is 5.31. The van der Waals surface area contributed by atoms with Crippen LogP contribution in [0.15, 0.2) is 60.7 Å². The first-order chi connectivity index (χ1) is 18.0. The van der Waals surface area contributed by atoms with Gasteiger partial charge in [-0.1, -0.05) is 12.1 Å². The van der Waals surface area contributed by atoms with Crippen molar-refractivity contribution in [1.82, 2.24) is 5.32 Å². The van der Waals surface area contributed by atoms with E-state index < -0.39 is 6.10 Å². The molecule has 3 aromatic rings. The first-order valence-corrected chi connectivity index (χ1v) is 12.8. The third-order valence-corrected chi connectivity index (χ3v) is 6.89. The van der Waals surface area contributed by atoms with E-state index in [9.17, 15) is 14.0 Å². The van der Waals surface area contributed by atoms with Gasteiger partial charge in [0.1, 0.15) is 29.2 Å². The number of hydrogen-bond acceptors (Lipinski definition) is 5. The predicted molar refractivity (Wildman–Crippen MR) is 137 cm³/mol. The van der Waals surface area contributed by atoms with Crippen LogP contribution in [0.4, 0.5) is 4.39 Å². The maximum Gasteiger partial charge on any atom is 0.309 e. The average molecular weight is 504 g/mol. The zero-order valence-corrected chi connectivity index (χ0v) is 21.0. The largest absolute Gasteiger partial charge is 0.486 e. The van der Waals surface area contributed by atoms with Crippen molar-refractivity contribution in [2.24, 2.45) is 5.92 Å². The standard InChI is InChI=1S/C30H30FNO5/c1-3-32-29(33)19-7-11-20(12-8-19)36-26-16-14-25(31)28-22(26)13-15-27(28)37-21-9-5-18(6-10-21)23-17-24(23)30(34)35-4-2/h5-12,14,16,23-24,27H,3-4,13,15,17H2,1-2H3,(H,32,33). The lowest BCUT2D eigenvalue weighted by Gasteiger charge is -2.17. The fourth-order valence-electron chi connectivity index (χ4n) is 4.95. The number of fused-ring (bicyclic) bond motifs is 1. The summed E-state index contributed by atoms with van der Waals surface area (Å²) < 4.78 is 32.3. The third-order valence-electron chi connectivity index (χ3n) is 6.89. The van der Waals surface area contributed by atoms with Crippen molar-refractivity contribution in [1.29, 1.82) is 0 Å². The highest BCUT2D eigenvalue weighted by molar-refractivity contribution is 5.94. The summed E-state index contributed by atoms with van der Waals surface area (Å²) in [6.45, 7) is 4.63. The Kier molecular flexibility index (Phi) is 7.12. The molecule has 3 unspecified atom stereocenters. The van der Waals surface area contributed by atoms with Crippen LogP contribution in [0, 0.1) is 11.7 Å². The maximum atomic E-state index is 14.9. The molecule has 1 N–H and O–H groups in total. The Hall–Kier alpha value is -3.87. The predicted octanol–water partition coefficient (Wildman–Crippen LogP) is 6.10. The lowest BCUT2D eigenvalue weighted by atomic mass is 10.1. The number of hydrogen-bond donors (Lipinski definition) is 1.